The molecule has 2 aromatic rings. The van der Waals surface area contributed by atoms with Crippen LogP contribution in [0.15, 0.2) is 42.5 Å². The standard InChI is InChI=1S/C20H24N2O4/c1-13-6-9-16(22(24)25)12-18(13)21-19(23)14(2)26-17-10-7-15(8-11-17)20(3,4)5/h6-12,14H,1-5H3,(H,21,23)/t14-/m0/s1. The lowest BCUT2D eigenvalue weighted by atomic mass is 9.87. The van der Waals surface area contributed by atoms with E-state index in [0.29, 0.717) is 11.4 Å². The maximum Gasteiger partial charge on any atom is 0.271 e. The molecule has 0 unspecified atom stereocenters. The summed E-state index contributed by atoms with van der Waals surface area (Å²) in [6.07, 6.45) is -0.742. The molecule has 0 spiro atoms. The van der Waals surface area contributed by atoms with E-state index in [2.05, 4.69) is 26.1 Å². The van der Waals surface area contributed by atoms with Crippen molar-refractivity contribution in [3.63, 3.8) is 0 Å². The van der Waals surface area contributed by atoms with Crippen LogP contribution in [0.2, 0.25) is 0 Å². The van der Waals surface area contributed by atoms with Crippen molar-refractivity contribution in [2.24, 2.45) is 0 Å². The van der Waals surface area contributed by atoms with Crippen molar-refractivity contribution >= 4 is 17.3 Å². The van der Waals surface area contributed by atoms with Gasteiger partial charge in [-0.05, 0) is 42.5 Å². The van der Waals surface area contributed by atoms with E-state index in [1.54, 1.807) is 19.9 Å². The topological polar surface area (TPSA) is 81.5 Å². The average Bonchev–Trinajstić information content (AvgIpc) is 2.56. The first kappa shape index (κ1) is 19.4. The number of carbonyl (C=O) groups is 1. The fraction of sp³-hybridized carbons (Fsp3) is 0.350. The number of ether oxygens (including phenoxy) is 1. The third-order valence-corrected chi connectivity index (χ3v) is 4.09. The molecule has 0 radical (unpaired) electrons. The fourth-order valence-corrected chi connectivity index (χ4v) is 2.38. The van der Waals surface area contributed by atoms with Crippen molar-refractivity contribution in [2.75, 3.05) is 5.32 Å². The van der Waals surface area contributed by atoms with Gasteiger partial charge in [-0.15, -0.1) is 0 Å². The summed E-state index contributed by atoms with van der Waals surface area (Å²) in [5.74, 6) is 0.227. The third kappa shape index (κ3) is 4.81. The summed E-state index contributed by atoms with van der Waals surface area (Å²) in [7, 11) is 0. The average molecular weight is 356 g/mol. The molecule has 6 nitrogen and oxygen atoms in total. The molecule has 26 heavy (non-hydrogen) atoms. The van der Waals surface area contributed by atoms with Crippen LogP contribution in [0.25, 0.3) is 0 Å². The second-order valence-corrected chi connectivity index (χ2v) is 7.28. The first-order valence-corrected chi connectivity index (χ1v) is 8.41. The highest BCUT2D eigenvalue weighted by atomic mass is 16.6. The van der Waals surface area contributed by atoms with Crippen molar-refractivity contribution in [1.82, 2.24) is 0 Å². The number of nitrogens with one attached hydrogen (secondary N) is 1. The molecular formula is C20H24N2O4. The smallest absolute Gasteiger partial charge is 0.271 e. The molecule has 0 aliphatic carbocycles. The molecule has 0 aromatic heterocycles. The Balaban J connectivity index is 2.06. The molecule has 0 fully saturated rings. The van der Waals surface area contributed by atoms with Gasteiger partial charge >= 0.3 is 0 Å². The van der Waals surface area contributed by atoms with Crippen molar-refractivity contribution in [3.8, 4) is 5.75 Å². The highest BCUT2D eigenvalue weighted by Gasteiger charge is 2.18. The summed E-state index contributed by atoms with van der Waals surface area (Å²) in [5, 5.41) is 13.6. The third-order valence-electron chi connectivity index (χ3n) is 4.09. The molecule has 0 heterocycles. The number of nitro benzene ring substituents is 1. The van der Waals surface area contributed by atoms with Crippen molar-refractivity contribution in [3.05, 3.63) is 63.7 Å². The summed E-state index contributed by atoms with van der Waals surface area (Å²) in [6.45, 7) is 9.79. The molecule has 0 saturated carbocycles. The molecule has 1 amide bonds. The SMILES string of the molecule is Cc1ccc([N+](=O)[O-])cc1NC(=O)[C@H](C)Oc1ccc(C(C)(C)C)cc1. The predicted octanol–water partition coefficient (Wildman–Crippen LogP) is 4.61. The Kier molecular flexibility index (Phi) is 5.65. The lowest BCUT2D eigenvalue weighted by molar-refractivity contribution is -0.384. The van der Waals surface area contributed by atoms with Gasteiger partial charge in [0, 0.05) is 12.1 Å². The zero-order chi connectivity index (χ0) is 19.5. The van der Waals surface area contributed by atoms with Crippen LogP contribution in [-0.2, 0) is 10.2 Å². The molecule has 1 N–H and O–H groups in total. The molecule has 2 rings (SSSR count). The Bertz CT molecular complexity index is 808. The molecule has 0 saturated heterocycles. The summed E-state index contributed by atoms with van der Waals surface area (Å²) < 4.78 is 5.69. The summed E-state index contributed by atoms with van der Waals surface area (Å²) in [5.41, 5.74) is 2.29. The number of hydrogen-bond donors (Lipinski definition) is 1. The molecular weight excluding hydrogens is 332 g/mol. The number of anilines is 1. The minimum atomic E-state index is -0.742. The van der Waals surface area contributed by atoms with Gasteiger partial charge in [-0.3, -0.25) is 14.9 Å². The number of benzene rings is 2. The Hall–Kier alpha value is -2.89. The van der Waals surface area contributed by atoms with Crippen LogP contribution in [0.3, 0.4) is 0 Å². The number of aryl methyl sites for hydroxylation is 1. The van der Waals surface area contributed by atoms with Gasteiger partial charge in [-0.2, -0.15) is 0 Å². The quantitative estimate of drug-likeness (QED) is 0.627. The van der Waals surface area contributed by atoms with Crippen LogP contribution >= 0.6 is 0 Å². The van der Waals surface area contributed by atoms with Gasteiger partial charge in [-0.1, -0.05) is 39.0 Å². The van der Waals surface area contributed by atoms with E-state index in [-0.39, 0.29) is 17.0 Å². The van der Waals surface area contributed by atoms with Gasteiger partial charge in [0.15, 0.2) is 6.10 Å². The fourth-order valence-electron chi connectivity index (χ4n) is 2.38. The van der Waals surface area contributed by atoms with E-state index in [1.807, 2.05) is 24.3 Å². The van der Waals surface area contributed by atoms with E-state index >= 15 is 0 Å². The molecule has 2 aromatic carbocycles. The Morgan fingerprint density at radius 1 is 1.15 bits per heavy atom. The van der Waals surface area contributed by atoms with Crippen LogP contribution in [0, 0.1) is 17.0 Å². The van der Waals surface area contributed by atoms with E-state index in [4.69, 9.17) is 4.74 Å². The summed E-state index contributed by atoms with van der Waals surface area (Å²) in [6, 6.07) is 12.0. The largest absolute Gasteiger partial charge is 0.481 e. The molecule has 6 heteroatoms. The summed E-state index contributed by atoms with van der Waals surface area (Å²) in [4.78, 5) is 22.8. The van der Waals surface area contributed by atoms with Crippen molar-refractivity contribution in [2.45, 2.75) is 46.1 Å². The van der Waals surface area contributed by atoms with Crippen LogP contribution < -0.4 is 10.1 Å². The molecule has 1 atom stereocenters. The highest BCUT2D eigenvalue weighted by molar-refractivity contribution is 5.95. The van der Waals surface area contributed by atoms with Gasteiger partial charge in [0.1, 0.15) is 5.75 Å². The Morgan fingerprint density at radius 3 is 2.31 bits per heavy atom. The normalized spacial score (nSPS) is 12.3. The van der Waals surface area contributed by atoms with Crippen LogP contribution in [0.4, 0.5) is 11.4 Å². The van der Waals surface area contributed by atoms with Gasteiger partial charge < -0.3 is 10.1 Å². The van der Waals surface area contributed by atoms with E-state index < -0.39 is 11.0 Å². The monoisotopic (exact) mass is 356 g/mol. The first-order valence-electron chi connectivity index (χ1n) is 8.41. The van der Waals surface area contributed by atoms with E-state index in [9.17, 15) is 14.9 Å². The van der Waals surface area contributed by atoms with Crippen LogP contribution in [0.5, 0.6) is 5.75 Å². The number of nitrogens with zero attached hydrogens (tertiary/aromatic N) is 1. The maximum absolute atomic E-state index is 12.4. The maximum atomic E-state index is 12.4. The van der Waals surface area contributed by atoms with E-state index in [0.717, 1.165) is 5.56 Å². The molecule has 0 aliphatic heterocycles. The molecule has 0 aliphatic rings. The second kappa shape index (κ2) is 7.56. The number of amides is 1. The van der Waals surface area contributed by atoms with Crippen LogP contribution in [0.1, 0.15) is 38.8 Å². The van der Waals surface area contributed by atoms with Gasteiger partial charge in [0.2, 0.25) is 0 Å². The second-order valence-electron chi connectivity index (χ2n) is 7.28. The van der Waals surface area contributed by atoms with Gasteiger partial charge in [0.05, 0.1) is 10.6 Å². The van der Waals surface area contributed by atoms with Crippen molar-refractivity contribution in [1.29, 1.82) is 0 Å². The van der Waals surface area contributed by atoms with Gasteiger partial charge in [0.25, 0.3) is 11.6 Å². The first-order chi connectivity index (χ1) is 12.1. The minimum absolute atomic E-state index is 0.0427. The van der Waals surface area contributed by atoms with Crippen LogP contribution in [-0.4, -0.2) is 16.9 Å². The number of hydrogen-bond acceptors (Lipinski definition) is 4. The zero-order valence-corrected chi connectivity index (χ0v) is 15.7. The lowest BCUT2D eigenvalue weighted by Crippen LogP contribution is -2.30. The van der Waals surface area contributed by atoms with Gasteiger partial charge in [-0.25, -0.2) is 0 Å². The summed E-state index contributed by atoms with van der Waals surface area (Å²) >= 11 is 0. The number of nitro groups is 1. The number of rotatable bonds is 5. The molecule has 138 valence electrons. The number of carbonyl (C=O) groups excluding carboxylic acids is 1. The predicted molar refractivity (Wildman–Crippen MR) is 102 cm³/mol. The Labute approximate surface area is 153 Å². The highest BCUT2D eigenvalue weighted by Crippen LogP contribution is 2.25. The Morgan fingerprint density at radius 2 is 1.77 bits per heavy atom. The molecule has 0 bridgehead atoms. The van der Waals surface area contributed by atoms with E-state index in [1.165, 1.54) is 17.7 Å². The minimum Gasteiger partial charge on any atom is -0.481 e. The number of non-ortho nitro benzene ring substituents is 1. The van der Waals surface area contributed by atoms with Crippen molar-refractivity contribution < 1.29 is 14.5 Å². The zero-order valence-electron chi connectivity index (χ0n) is 15.7. The lowest BCUT2D eigenvalue weighted by Gasteiger charge is -2.20.